The minimum Gasteiger partial charge on any atom is -0.316 e. The standard InChI is InChI=1S/C13H26N2/c1-2-6-12(5-1)11-14-10-8-13-7-3-4-9-15-13/h12-15H,1-11H2. The Hall–Kier alpha value is -0.0800. The van der Waals surface area contributed by atoms with Crippen LogP contribution >= 0.6 is 0 Å². The molecule has 0 aromatic heterocycles. The molecule has 0 radical (unpaired) electrons. The maximum atomic E-state index is 3.63. The fraction of sp³-hybridized carbons (Fsp3) is 1.00. The lowest BCUT2D eigenvalue weighted by Gasteiger charge is -2.23. The minimum atomic E-state index is 0.801. The van der Waals surface area contributed by atoms with E-state index in [1.807, 2.05) is 0 Å². The van der Waals surface area contributed by atoms with E-state index < -0.39 is 0 Å². The lowest BCUT2D eigenvalue weighted by Crippen LogP contribution is -2.36. The van der Waals surface area contributed by atoms with Crippen LogP contribution in [0, 0.1) is 5.92 Å². The number of nitrogens with one attached hydrogen (secondary N) is 2. The summed E-state index contributed by atoms with van der Waals surface area (Å²) in [7, 11) is 0. The number of hydrogen-bond donors (Lipinski definition) is 2. The Morgan fingerprint density at radius 2 is 1.80 bits per heavy atom. The summed E-state index contributed by atoms with van der Waals surface area (Å²) in [6.07, 6.45) is 11.4. The second-order valence-corrected chi connectivity index (χ2v) is 5.29. The molecule has 0 spiro atoms. The molecule has 2 N–H and O–H groups in total. The topological polar surface area (TPSA) is 24.1 Å². The Morgan fingerprint density at radius 1 is 1.00 bits per heavy atom. The Kier molecular flexibility index (Phi) is 4.94. The molecule has 1 aliphatic heterocycles. The molecule has 1 unspecified atom stereocenters. The molecule has 1 saturated carbocycles. The fourth-order valence-corrected chi connectivity index (χ4v) is 2.97. The van der Waals surface area contributed by atoms with E-state index >= 15 is 0 Å². The van der Waals surface area contributed by atoms with Crippen LogP contribution in [-0.4, -0.2) is 25.7 Å². The molecule has 2 aliphatic rings. The molecule has 1 aliphatic carbocycles. The second-order valence-electron chi connectivity index (χ2n) is 5.29. The van der Waals surface area contributed by atoms with Crippen LogP contribution in [-0.2, 0) is 0 Å². The first-order chi connectivity index (χ1) is 7.45. The Labute approximate surface area is 94.2 Å². The molecule has 1 heterocycles. The van der Waals surface area contributed by atoms with Gasteiger partial charge in [-0.3, -0.25) is 0 Å². The lowest BCUT2D eigenvalue weighted by molar-refractivity contribution is 0.370. The Morgan fingerprint density at radius 3 is 2.53 bits per heavy atom. The van der Waals surface area contributed by atoms with Gasteiger partial charge in [0.05, 0.1) is 0 Å². The molecular weight excluding hydrogens is 184 g/mol. The van der Waals surface area contributed by atoms with Crippen molar-refractivity contribution in [3.05, 3.63) is 0 Å². The van der Waals surface area contributed by atoms with Crippen molar-refractivity contribution in [2.24, 2.45) is 5.92 Å². The summed E-state index contributed by atoms with van der Waals surface area (Å²) in [6.45, 7) is 3.73. The van der Waals surface area contributed by atoms with Crippen LogP contribution in [0.1, 0.15) is 51.4 Å². The van der Waals surface area contributed by atoms with Crippen molar-refractivity contribution in [1.82, 2.24) is 10.6 Å². The molecule has 0 bridgehead atoms. The van der Waals surface area contributed by atoms with Crippen molar-refractivity contribution < 1.29 is 0 Å². The molecular formula is C13H26N2. The van der Waals surface area contributed by atoms with Crippen molar-refractivity contribution in [1.29, 1.82) is 0 Å². The zero-order chi connectivity index (χ0) is 10.3. The van der Waals surface area contributed by atoms with Gasteiger partial charge < -0.3 is 10.6 Å². The zero-order valence-electron chi connectivity index (χ0n) is 9.93. The summed E-state index contributed by atoms with van der Waals surface area (Å²) in [6, 6.07) is 0.801. The van der Waals surface area contributed by atoms with Crippen LogP contribution in [0.4, 0.5) is 0 Å². The first kappa shape index (κ1) is 11.4. The van der Waals surface area contributed by atoms with Crippen LogP contribution in [0.15, 0.2) is 0 Å². The molecule has 0 aromatic carbocycles. The molecule has 0 aromatic rings. The van der Waals surface area contributed by atoms with E-state index in [1.165, 1.54) is 71.0 Å². The SMILES string of the molecule is C1CCC(CCNCC2CCCC2)NC1. The number of rotatable bonds is 5. The van der Waals surface area contributed by atoms with E-state index in [-0.39, 0.29) is 0 Å². The molecule has 2 fully saturated rings. The molecule has 1 saturated heterocycles. The van der Waals surface area contributed by atoms with Crippen molar-refractivity contribution in [3.8, 4) is 0 Å². The highest BCUT2D eigenvalue weighted by atomic mass is 14.9. The van der Waals surface area contributed by atoms with E-state index in [1.54, 1.807) is 0 Å². The predicted molar refractivity (Wildman–Crippen MR) is 65.1 cm³/mol. The predicted octanol–water partition coefficient (Wildman–Crippen LogP) is 2.30. The van der Waals surface area contributed by atoms with E-state index in [0.717, 1.165) is 12.0 Å². The maximum Gasteiger partial charge on any atom is 0.00791 e. The molecule has 0 amide bonds. The third-order valence-corrected chi connectivity index (χ3v) is 3.99. The Bertz CT molecular complexity index is 158. The highest BCUT2D eigenvalue weighted by Crippen LogP contribution is 2.23. The Balaban J connectivity index is 1.47. The maximum absolute atomic E-state index is 3.63. The average molecular weight is 210 g/mol. The molecule has 15 heavy (non-hydrogen) atoms. The van der Waals surface area contributed by atoms with Gasteiger partial charge in [-0.05, 0) is 57.7 Å². The molecule has 2 rings (SSSR count). The average Bonchev–Trinajstić information content (AvgIpc) is 2.79. The van der Waals surface area contributed by atoms with Gasteiger partial charge in [0.1, 0.15) is 0 Å². The van der Waals surface area contributed by atoms with E-state index in [4.69, 9.17) is 0 Å². The van der Waals surface area contributed by atoms with Crippen LogP contribution in [0.5, 0.6) is 0 Å². The first-order valence-corrected chi connectivity index (χ1v) is 6.89. The largest absolute Gasteiger partial charge is 0.316 e. The number of piperidine rings is 1. The van der Waals surface area contributed by atoms with Crippen LogP contribution in [0.25, 0.3) is 0 Å². The summed E-state index contributed by atoms with van der Waals surface area (Å²) >= 11 is 0. The van der Waals surface area contributed by atoms with Gasteiger partial charge in [-0.25, -0.2) is 0 Å². The summed E-state index contributed by atoms with van der Waals surface area (Å²) < 4.78 is 0. The van der Waals surface area contributed by atoms with Gasteiger partial charge in [0.15, 0.2) is 0 Å². The number of hydrogen-bond acceptors (Lipinski definition) is 2. The van der Waals surface area contributed by atoms with Crippen molar-refractivity contribution in [2.75, 3.05) is 19.6 Å². The smallest absolute Gasteiger partial charge is 0.00791 e. The highest BCUT2D eigenvalue weighted by molar-refractivity contribution is 4.74. The van der Waals surface area contributed by atoms with Crippen molar-refractivity contribution in [3.63, 3.8) is 0 Å². The quantitative estimate of drug-likeness (QED) is 0.680. The highest BCUT2D eigenvalue weighted by Gasteiger charge is 2.15. The summed E-state index contributed by atoms with van der Waals surface area (Å²) in [5.74, 6) is 0.990. The van der Waals surface area contributed by atoms with Gasteiger partial charge in [-0.2, -0.15) is 0 Å². The van der Waals surface area contributed by atoms with Crippen LogP contribution < -0.4 is 10.6 Å². The molecule has 88 valence electrons. The summed E-state index contributed by atoms with van der Waals surface area (Å²) in [5, 5.41) is 7.24. The second kappa shape index (κ2) is 6.49. The van der Waals surface area contributed by atoms with Gasteiger partial charge >= 0.3 is 0 Å². The molecule has 2 nitrogen and oxygen atoms in total. The third kappa shape index (κ3) is 4.12. The molecule has 2 heteroatoms. The monoisotopic (exact) mass is 210 g/mol. The van der Waals surface area contributed by atoms with Gasteiger partial charge in [-0.15, -0.1) is 0 Å². The van der Waals surface area contributed by atoms with Crippen LogP contribution in [0.2, 0.25) is 0 Å². The lowest BCUT2D eigenvalue weighted by atomic mass is 10.0. The van der Waals surface area contributed by atoms with Gasteiger partial charge in [0.25, 0.3) is 0 Å². The fourth-order valence-electron chi connectivity index (χ4n) is 2.97. The minimum absolute atomic E-state index is 0.801. The van der Waals surface area contributed by atoms with E-state index in [0.29, 0.717) is 0 Å². The van der Waals surface area contributed by atoms with Gasteiger partial charge in [-0.1, -0.05) is 19.3 Å². The van der Waals surface area contributed by atoms with E-state index in [9.17, 15) is 0 Å². The third-order valence-electron chi connectivity index (χ3n) is 3.99. The zero-order valence-corrected chi connectivity index (χ0v) is 9.93. The first-order valence-electron chi connectivity index (χ1n) is 6.89. The van der Waals surface area contributed by atoms with E-state index in [2.05, 4.69) is 10.6 Å². The van der Waals surface area contributed by atoms with Crippen LogP contribution in [0.3, 0.4) is 0 Å². The van der Waals surface area contributed by atoms with Gasteiger partial charge in [0.2, 0.25) is 0 Å². The molecule has 1 atom stereocenters. The van der Waals surface area contributed by atoms with Crippen molar-refractivity contribution >= 4 is 0 Å². The van der Waals surface area contributed by atoms with Gasteiger partial charge in [0, 0.05) is 6.04 Å². The van der Waals surface area contributed by atoms with Crippen molar-refractivity contribution in [2.45, 2.75) is 57.4 Å². The summed E-state index contributed by atoms with van der Waals surface area (Å²) in [4.78, 5) is 0. The normalized spacial score (nSPS) is 28.4. The summed E-state index contributed by atoms with van der Waals surface area (Å²) in [5.41, 5.74) is 0.